The summed E-state index contributed by atoms with van der Waals surface area (Å²) in [7, 11) is 2.13. The molecule has 1 heterocycles. The van der Waals surface area contributed by atoms with Crippen LogP contribution in [0.5, 0.6) is 5.75 Å². The van der Waals surface area contributed by atoms with Gasteiger partial charge in [0.25, 0.3) is 0 Å². The topological polar surface area (TPSA) is 55.6 Å². The van der Waals surface area contributed by atoms with Crippen molar-refractivity contribution in [1.29, 1.82) is 0 Å². The Labute approximate surface area is 136 Å². The number of nitrogens with two attached hydrogens (primary N) is 1. The second-order valence-electron chi connectivity index (χ2n) is 6.06. The van der Waals surface area contributed by atoms with Gasteiger partial charge in [-0.15, -0.1) is 0 Å². The number of hydrogen-bond acceptors (Lipinski definition) is 3. The van der Waals surface area contributed by atoms with Gasteiger partial charge >= 0.3 is 0 Å². The first-order valence-corrected chi connectivity index (χ1v) is 7.98. The number of carbonyl (C=O) groups excluding carboxylic acids is 1. The van der Waals surface area contributed by atoms with E-state index in [9.17, 15) is 4.79 Å². The van der Waals surface area contributed by atoms with Gasteiger partial charge in [0.2, 0.25) is 5.91 Å². The highest BCUT2D eigenvalue weighted by Crippen LogP contribution is 2.29. The molecular formula is C19H22N2O2. The molecule has 120 valence electrons. The summed E-state index contributed by atoms with van der Waals surface area (Å²) in [6, 6.07) is 15.3. The third kappa shape index (κ3) is 3.71. The van der Waals surface area contributed by atoms with Crippen molar-refractivity contribution in [2.75, 3.05) is 20.1 Å². The average molecular weight is 310 g/mol. The van der Waals surface area contributed by atoms with Crippen LogP contribution in [0.1, 0.15) is 23.2 Å². The molecule has 1 aliphatic rings. The minimum absolute atomic E-state index is 0.231. The molecule has 0 saturated carbocycles. The second kappa shape index (κ2) is 6.84. The number of piperidine rings is 1. The lowest BCUT2D eigenvalue weighted by atomic mass is 9.99. The number of amides is 1. The van der Waals surface area contributed by atoms with Crippen molar-refractivity contribution in [3.05, 3.63) is 54.1 Å². The van der Waals surface area contributed by atoms with E-state index >= 15 is 0 Å². The van der Waals surface area contributed by atoms with Gasteiger partial charge in [0.15, 0.2) is 0 Å². The quantitative estimate of drug-likeness (QED) is 0.944. The van der Waals surface area contributed by atoms with E-state index in [1.807, 2.05) is 42.5 Å². The molecule has 0 aromatic heterocycles. The molecule has 2 N–H and O–H groups in total. The van der Waals surface area contributed by atoms with E-state index in [0.717, 1.165) is 42.8 Å². The minimum Gasteiger partial charge on any atom is -0.490 e. The molecule has 1 amide bonds. The van der Waals surface area contributed by atoms with Crippen LogP contribution in [0.25, 0.3) is 11.1 Å². The number of ether oxygens (including phenoxy) is 1. The first kappa shape index (κ1) is 15.6. The van der Waals surface area contributed by atoms with Gasteiger partial charge < -0.3 is 15.4 Å². The predicted molar refractivity (Wildman–Crippen MR) is 91.5 cm³/mol. The van der Waals surface area contributed by atoms with E-state index in [2.05, 4.69) is 11.9 Å². The molecule has 3 rings (SSSR count). The lowest BCUT2D eigenvalue weighted by molar-refractivity contribution is 0.100. The van der Waals surface area contributed by atoms with Gasteiger partial charge in [-0.05, 0) is 49.2 Å². The van der Waals surface area contributed by atoms with E-state index in [1.165, 1.54) is 0 Å². The Kier molecular flexibility index (Phi) is 4.63. The molecule has 0 atom stereocenters. The number of carbonyl (C=O) groups is 1. The Morgan fingerprint density at radius 3 is 2.48 bits per heavy atom. The lowest BCUT2D eigenvalue weighted by Crippen LogP contribution is -2.35. The van der Waals surface area contributed by atoms with Crippen LogP contribution in [0.15, 0.2) is 48.5 Å². The molecular weight excluding hydrogens is 288 g/mol. The third-order valence-corrected chi connectivity index (χ3v) is 4.31. The molecule has 23 heavy (non-hydrogen) atoms. The van der Waals surface area contributed by atoms with Crippen molar-refractivity contribution in [2.24, 2.45) is 5.73 Å². The molecule has 2 aromatic rings. The molecule has 0 bridgehead atoms. The minimum atomic E-state index is -0.422. The Morgan fingerprint density at radius 1 is 1.13 bits per heavy atom. The first-order valence-electron chi connectivity index (χ1n) is 7.98. The Hall–Kier alpha value is -2.33. The van der Waals surface area contributed by atoms with Gasteiger partial charge in [-0.2, -0.15) is 0 Å². The van der Waals surface area contributed by atoms with Crippen molar-refractivity contribution in [1.82, 2.24) is 4.90 Å². The predicted octanol–water partition coefficient (Wildman–Crippen LogP) is 2.93. The molecule has 4 heteroatoms. The maximum atomic E-state index is 11.7. The summed E-state index contributed by atoms with van der Waals surface area (Å²) in [6.07, 6.45) is 2.28. The van der Waals surface area contributed by atoms with Crippen LogP contribution in [0.2, 0.25) is 0 Å². The van der Waals surface area contributed by atoms with Gasteiger partial charge in [0, 0.05) is 18.7 Å². The third-order valence-electron chi connectivity index (χ3n) is 4.31. The van der Waals surface area contributed by atoms with Gasteiger partial charge in [-0.25, -0.2) is 0 Å². The number of hydrogen-bond donors (Lipinski definition) is 1. The van der Waals surface area contributed by atoms with Crippen molar-refractivity contribution in [2.45, 2.75) is 18.9 Å². The zero-order chi connectivity index (χ0) is 16.2. The molecule has 1 saturated heterocycles. The fraction of sp³-hybridized carbons (Fsp3) is 0.316. The zero-order valence-corrected chi connectivity index (χ0v) is 13.4. The number of benzene rings is 2. The van der Waals surface area contributed by atoms with E-state index in [4.69, 9.17) is 10.5 Å². The molecule has 1 aliphatic heterocycles. The summed E-state index contributed by atoms with van der Waals surface area (Å²) in [5.41, 5.74) is 7.83. The molecule has 0 spiro atoms. The number of rotatable bonds is 4. The van der Waals surface area contributed by atoms with E-state index in [-0.39, 0.29) is 6.10 Å². The number of primary amides is 1. The zero-order valence-electron chi connectivity index (χ0n) is 13.4. The standard InChI is InChI=1S/C19H22N2O2/c1-21-11-9-15(10-12-21)23-16-7-8-17(19(20)22)18(13-16)14-5-3-2-4-6-14/h2-8,13,15H,9-12H2,1H3,(H2,20,22). The average Bonchev–Trinajstić information content (AvgIpc) is 2.57. The molecule has 2 aromatic carbocycles. The smallest absolute Gasteiger partial charge is 0.249 e. The van der Waals surface area contributed by atoms with Crippen LogP contribution in [0.3, 0.4) is 0 Å². The SMILES string of the molecule is CN1CCC(Oc2ccc(C(N)=O)c(-c3ccccc3)c2)CC1. The summed E-state index contributed by atoms with van der Waals surface area (Å²) in [6.45, 7) is 2.10. The highest BCUT2D eigenvalue weighted by atomic mass is 16.5. The summed E-state index contributed by atoms with van der Waals surface area (Å²) in [4.78, 5) is 14.0. The fourth-order valence-electron chi connectivity index (χ4n) is 2.96. The highest BCUT2D eigenvalue weighted by Gasteiger charge is 2.19. The molecule has 0 aliphatic carbocycles. The molecule has 0 radical (unpaired) electrons. The van der Waals surface area contributed by atoms with Gasteiger partial charge in [0.1, 0.15) is 11.9 Å². The van der Waals surface area contributed by atoms with Crippen LogP contribution in [0.4, 0.5) is 0 Å². The second-order valence-corrected chi connectivity index (χ2v) is 6.06. The normalized spacial score (nSPS) is 16.2. The first-order chi connectivity index (χ1) is 11.1. The molecule has 1 fully saturated rings. The number of likely N-dealkylation sites (tertiary alicyclic amines) is 1. The van der Waals surface area contributed by atoms with Crippen LogP contribution < -0.4 is 10.5 Å². The fourth-order valence-corrected chi connectivity index (χ4v) is 2.96. The Balaban J connectivity index is 1.87. The van der Waals surface area contributed by atoms with Crippen LogP contribution in [-0.2, 0) is 0 Å². The Bertz CT molecular complexity index is 677. The summed E-state index contributed by atoms with van der Waals surface area (Å²) in [5, 5.41) is 0. The van der Waals surface area contributed by atoms with E-state index in [1.54, 1.807) is 6.07 Å². The van der Waals surface area contributed by atoms with Crippen molar-refractivity contribution < 1.29 is 9.53 Å². The van der Waals surface area contributed by atoms with E-state index < -0.39 is 5.91 Å². The van der Waals surface area contributed by atoms with Crippen LogP contribution in [0, 0.1) is 0 Å². The molecule has 4 nitrogen and oxygen atoms in total. The van der Waals surface area contributed by atoms with Crippen LogP contribution >= 0.6 is 0 Å². The largest absolute Gasteiger partial charge is 0.490 e. The summed E-state index contributed by atoms with van der Waals surface area (Å²) < 4.78 is 6.12. The maximum absolute atomic E-state index is 11.7. The van der Waals surface area contributed by atoms with Crippen molar-refractivity contribution in [3.8, 4) is 16.9 Å². The Morgan fingerprint density at radius 2 is 1.83 bits per heavy atom. The van der Waals surface area contributed by atoms with Crippen LogP contribution in [-0.4, -0.2) is 37.0 Å². The molecule has 0 unspecified atom stereocenters. The maximum Gasteiger partial charge on any atom is 0.249 e. The van der Waals surface area contributed by atoms with E-state index in [0.29, 0.717) is 5.56 Å². The lowest BCUT2D eigenvalue weighted by Gasteiger charge is -2.29. The monoisotopic (exact) mass is 310 g/mol. The van der Waals surface area contributed by atoms with Gasteiger partial charge in [0.05, 0.1) is 0 Å². The van der Waals surface area contributed by atoms with Gasteiger partial charge in [-0.3, -0.25) is 4.79 Å². The summed E-state index contributed by atoms with van der Waals surface area (Å²) >= 11 is 0. The van der Waals surface area contributed by atoms with Crippen molar-refractivity contribution in [3.63, 3.8) is 0 Å². The summed E-state index contributed by atoms with van der Waals surface area (Å²) in [5.74, 6) is 0.373. The highest BCUT2D eigenvalue weighted by molar-refractivity contribution is 6.00. The number of nitrogens with zero attached hydrogens (tertiary/aromatic N) is 1. The van der Waals surface area contributed by atoms with Crippen molar-refractivity contribution >= 4 is 5.91 Å². The van der Waals surface area contributed by atoms with Gasteiger partial charge in [-0.1, -0.05) is 30.3 Å².